The molecule has 1 aliphatic heterocycles. The van der Waals surface area contributed by atoms with Gasteiger partial charge in [-0.2, -0.15) is 0 Å². The van der Waals surface area contributed by atoms with Gasteiger partial charge >= 0.3 is 0 Å². The lowest BCUT2D eigenvalue weighted by Gasteiger charge is -2.40. The average Bonchev–Trinajstić information content (AvgIpc) is 3.14. The largest absolute Gasteiger partial charge is 0.384 e. The third-order valence-corrected chi connectivity index (χ3v) is 5.83. The van der Waals surface area contributed by atoms with Crippen LogP contribution < -0.4 is 5.56 Å². The predicted octanol–water partition coefficient (Wildman–Crippen LogP) is 2.77. The van der Waals surface area contributed by atoms with Gasteiger partial charge in [0.25, 0.3) is 5.56 Å². The van der Waals surface area contributed by atoms with Crippen molar-refractivity contribution in [1.82, 2.24) is 14.9 Å². The van der Waals surface area contributed by atoms with Crippen molar-refractivity contribution in [2.45, 2.75) is 44.2 Å². The maximum Gasteiger partial charge on any atom is 0.251 e. The van der Waals surface area contributed by atoms with Crippen molar-refractivity contribution in [2.24, 2.45) is 0 Å². The maximum absolute atomic E-state index is 11.9. The fourth-order valence-electron chi connectivity index (χ4n) is 4.39. The van der Waals surface area contributed by atoms with Gasteiger partial charge in [0.05, 0.1) is 24.5 Å². The van der Waals surface area contributed by atoms with Gasteiger partial charge in [0.2, 0.25) is 0 Å². The standard InChI is InChI=1S/C22H29N3O3/c1-27-12-8-19-14-20(26)24-21(23-19)18-6-4-17(5-7-18)15-25-11-13-28-22(16-25)9-2-3-10-22/h4-7,14H,2-3,8-13,15-16H2,1H3,(H,23,24,26). The Bertz CT molecular complexity index is 841. The molecule has 6 heteroatoms. The van der Waals surface area contributed by atoms with Crippen LogP contribution in [-0.2, 0) is 22.4 Å². The van der Waals surface area contributed by atoms with Gasteiger partial charge in [-0.05, 0) is 18.4 Å². The Balaban J connectivity index is 1.44. The number of benzene rings is 1. The summed E-state index contributed by atoms with van der Waals surface area (Å²) >= 11 is 0. The number of H-pyrrole nitrogens is 1. The molecule has 6 nitrogen and oxygen atoms in total. The minimum absolute atomic E-state index is 0.101. The number of nitrogens with one attached hydrogen (secondary N) is 1. The van der Waals surface area contributed by atoms with Crippen LogP contribution >= 0.6 is 0 Å². The summed E-state index contributed by atoms with van der Waals surface area (Å²) in [5.41, 5.74) is 2.92. The molecule has 1 N–H and O–H groups in total. The summed E-state index contributed by atoms with van der Waals surface area (Å²) in [6.07, 6.45) is 5.60. The number of aromatic nitrogens is 2. The van der Waals surface area contributed by atoms with Crippen molar-refractivity contribution in [3.8, 4) is 11.4 Å². The second-order valence-corrected chi connectivity index (χ2v) is 7.97. The third-order valence-electron chi connectivity index (χ3n) is 5.83. The van der Waals surface area contributed by atoms with E-state index >= 15 is 0 Å². The Morgan fingerprint density at radius 1 is 1.25 bits per heavy atom. The molecule has 0 bridgehead atoms. The van der Waals surface area contributed by atoms with Gasteiger partial charge < -0.3 is 14.5 Å². The monoisotopic (exact) mass is 383 g/mol. The lowest BCUT2D eigenvalue weighted by molar-refractivity contribution is -0.107. The summed E-state index contributed by atoms with van der Waals surface area (Å²) < 4.78 is 11.2. The number of morpholine rings is 1. The molecule has 0 amide bonds. The second kappa shape index (κ2) is 8.55. The quantitative estimate of drug-likeness (QED) is 0.831. The van der Waals surface area contributed by atoms with Crippen molar-refractivity contribution >= 4 is 0 Å². The SMILES string of the molecule is COCCc1cc(=O)[nH]c(-c2ccc(CN3CCOC4(CCCC4)C3)cc2)n1. The number of nitrogens with zero attached hydrogens (tertiary/aromatic N) is 2. The average molecular weight is 383 g/mol. The molecule has 2 heterocycles. The van der Waals surface area contributed by atoms with Gasteiger partial charge in [-0.3, -0.25) is 9.69 Å². The Labute approximate surface area is 165 Å². The number of hydrogen-bond donors (Lipinski definition) is 1. The number of methoxy groups -OCH3 is 1. The molecule has 150 valence electrons. The van der Waals surface area contributed by atoms with E-state index < -0.39 is 0 Å². The van der Waals surface area contributed by atoms with Crippen LogP contribution in [0.5, 0.6) is 0 Å². The zero-order chi connectivity index (χ0) is 19.4. The lowest BCUT2D eigenvalue weighted by atomic mass is 9.99. The number of hydrogen-bond acceptors (Lipinski definition) is 5. The molecule has 2 aliphatic rings. The lowest BCUT2D eigenvalue weighted by Crippen LogP contribution is -2.49. The predicted molar refractivity (Wildman–Crippen MR) is 108 cm³/mol. The Morgan fingerprint density at radius 2 is 2.04 bits per heavy atom. The molecule has 1 spiro atoms. The van der Waals surface area contributed by atoms with E-state index in [0.717, 1.165) is 37.5 Å². The molecule has 0 radical (unpaired) electrons. The molecule has 0 atom stereocenters. The van der Waals surface area contributed by atoms with Gasteiger partial charge in [0, 0.05) is 44.8 Å². The molecule has 4 rings (SSSR count). The first-order valence-corrected chi connectivity index (χ1v) is 10.2. The van der Waals surface area contributed by atoms with Crippen LogP contribution in [0.2, 0.25) is 0 Å². The Morgan fingerprint density at radius 3 is 2.79 bits per heavy atom. The summed E-state index contributed by atoms with van der Waals surface area (Å²) in [5.74, 6) is 0.612. The Kier molecular flexibility index (Phi) is 5.90. The Hall–Kier alpha value is -2.02. The zero-order valence-corrected chi connectivity index (χ0v) is 16.6. The highest BCUT2D eigenvalue weighted by molar-refractivity contribution is 5.55. The van der Waals surface area contributed by atoms with Gasteiger partial charge in [-0.15, -0.1) is 0 Å². The first-order valence-electron chi connectivity index (χ1n) is 10.2. The van der Waals surface area contributed by atoms with E-state index in [1.807, 2.05) is 12.1 Å². The number of rotatable bonds is 6. The molecule has 0 unspecified atom stereocenters. The van der Waals surface area contributed by atoms with Crippen molar-refractivity contribution in [3.63, 3.8) is 0 Å². The van der Waals surface area contributed by atoms with E-state index in [4.69, 9.17) is 9.47 Å². The third kappa shape index (κ3) is 4.51. The highest BCUT2D eigenvalue weighted by Crippen LogP contribution is 2.36. The summed E-state index contributed by atoms with van der Waals surface area (Å²) in [5, 5.41) is 0. The molecule has 1 saturated heterocycles. The van der Waals surface area contributed by atoms with Crippen LogP contribution in [0.25, 0.3) is 11.4 Å². The van der Waals surface area contributed by atoms with Crippen LogP contribution in [0.3, 0.4) is 0 Å². The van der Waals surface area contributed by atoms with Gasteiger partial charge in [-0.25, -0.2) is 4.98 Å². The molecule has 1 aromatic heterocycles. The van der Waals surface area contributed by atoms with Gasteiger partial charge in [0.15, 0.2) is 0 Å². The second-order valence-electron chi connectivity index (χ2n) is 7.97. The molecular formula is C22H29N3O3. The van der Waals surface area contributed by atoms with Crippen LogP contribution in [-0.4, -0.2) is 53.9 Å². The normalized spacial score (nSPS) is 19.3. The van der Waals surface area contributed by atoms with Crippen molar-refractivity contribution in [1.29, 1.82) is 0 Å². The van der Waals surface area contributed by atoms with E-state index in [1.54, 1.807) is 7.11 Å². The summed E-state index contributed by atoms with van der Waals surface area (Å²) in [6.45, 7) is 4.34. The van der Waals surface area contributed by atoms with Crippen LogP contribution in [0, 0.1) is 0 Å². The van der Waals surface area contributed by atoms with Crippen LogP contribution in [0.4, 0.5) is 0 Å². The van der Waals surface area contributed by atoms with Crippen molar-refractivity contribution in [2.75, 3.05) is 33.4 Å². The van der Waals surface area contributed by atoms with Crippen LogP contribution in [0.1, 0.15) is 36.9 Å². The molecule has 28 heavy (non-hydrogen) atoms. The topological polar surface area (TPSA) is 67.5 Å². The summed E-state index contributed by atoms with van der Waals surface area (Å²) in [7, 11) is 1.65. The fourth-order valence-corrected chi connectivity index (χ4v) is 4.39. The minimum Gasteiger partial charge on any atom is -0.384 e. The first-order chi connectivity index (χ1) is 13.7. The van der Waals surface area contributed by atoms with E-state index in [1.165, 1.54) is 37.3 Å². The van der Waals surface area contributed by atoms with E-state index in [9.17, 15) is 4.79 Å². The first kappa shape index (κ1) is 19.3. The zero-order valence-electron chi connectivity index (χ0n) is 16.6. The van der Waals surface area contributed by atoms with E-state index in [2.05, 4.69) is 27.0 Å². The van der Waals surface area contributed by atoms with Gasteiger partial charge in [-0.1, -0.05) is 37.1 Å². The van der Waals surface area contributed by atoms with E-state index in [-0.39, 0.29) is 11.2 Å². The van der Waals surface area contributed by atoms with Crippen molar-refractivity contribution < 1.29 is 9.47 Å². The van der Waals surface area contributed by atoms with Crippen LogP contribution in [0.15, 0.2) is 35.1 Å². The van der Waals surface area contributed by atoms with E-state index in [0.29, 0.717) is 18.9 Å². The molecule has 1 aromatic carbocycles. The summed E-state index contributed by atoms with van der Waals surface area (Å²) in [4.78, 5) is 21.9. The number of aromatic amines is 1. The highest BCUT2D eigenvalue weighted by atomic mass is 16.5. The molecular weight excluding hydrogens is 354 g/mol. The molecule has 1 saturated carbocycles. The van der Waals surface area contributed by atoms with Crippen molar-refractivity contribution in [3.05, 3.63) is 51.9 Å². The molecule has 2 aromatic rings. The van der Waals surface area contributed by atoms with Gasteiger partial charge in [0.1, 0.15) is 5.82 Å². The fraction of sp³-hybridized carbons (Fsp3) is 0.545. The maximum atomic E-state index is 11.9. The number of ether oxygens (including phenoxy) is 2. The smallest absolute Gasteiger partial charge is 0.251 e. The highest BCUT2D eigenvalue weighted by Gasteiger charge is 2.39. The summed E-state index contributed by atoms with van der Waals surface area (Å²) in [6, 6.07) is 9.88. The minimum atomic E-state index is -0.129. The molecule has 2 fully saturated rings. The molecule has 1 aliphatic carbocycles.